The number of hydrogen-bond acceptors (Lipinski definition) is 8. The predicted molar refractivity (Wildman–Crippen MR) is 125 cm³/mol. The molecule has 32 heavy (non-hydrogen) atoms. The molecular formula is C23H21N3O4S2. The molecule has 4 rings (SSSR count). The molecule has 1 N–H and O–H groups in total. The van der Waals surface area contributed by atoms with Crippen LogP contribution in [-0.4, -0.2) is 29.4 Å². The number of aromatic nitrogens is 3. The number of nitrogens with one attached hydrogen (secondary N) is 1. The molecular weight excluding hydrogens is 446 g/mol. The summed E-state index contributed by atoms with van der Waals surface area (Å²) in [5.74, 6) is 2.70. The monoisotopic (exact) mass is 467 g/mol. The van der Waals surface area contributed by atoms with Crippen molar-refractivity contribution in [1.82, 2.24) is 15.2 Å². The average Bonchev–Trinajstić information content (AvgIpc) is 3.28. The number of hydrogen-bond donors (Lipinski definition) is 1. The lowest BCUT2D eigenvalue weighted by molar-refractivity contribution is 0.255. The van der Waals surface area contributed by atoms with Gasteiger partial charge >= 0.3 is 0 Å². The maximum absolute atomic E-state index is 6.11. The zero-order valence-corrected chi connectivity index (χ0v) is 19.2. The molecule has 0 aliphatic heterocycles. The molecule has 0 saturated heterocycles. The normalized spacial score (nSPS) is 10.6. The largest absolute Gasteiger partial charge is 0.497 e. The minimum absolute atomic E-state index is 0.364. The Morgan fingerprint density at radius 1 is 0.844 bits per heavy atom. The van der Waals surface area contributed by atoms with Gasteiger partial charge in [-0.05, 0) is 47.6 Å². The van der Waals surface area contributed by atoms with Crippen LogP contribution in [0, 0.1) is 3.95 Å². The first-order chi connectivity index (χ1) is 15.6. The van der Waals surface area contributed by atoms with Gasteiger partial charge in [-0.15, -0.1) is 0 Å². The number of nitrogens with zero attached hydrogens (tertiary/aromatic N) is 2. The summed E-state index contributed by atoms with van der Waals surface area (Å²) in [6, 6.07) is 17.2. The topological polar surface area (TPSA) is 78.5 Å². The van der Waals surface area contributed by atoms with E-state index in [1.807, 2.05) is 54.6 Å². The summed E-state index contributed by atoms with van der Waals surface area (Å²) < 4.78 is 23.1. The lowest BCUT2D eigenvalue weighted by Gasteiger charge is -2.14. The zero-order chi connectivity index (χ0) is 22.3. The summed E-state index contributed by atoms with van der Waals surface area (Å²) in [5, 5.41) is 7.67. The molecule has 0 aliphatic carbocycles. The van der Waals surface area contributed by atoms with Gasteiger partial charge in [-0.25, -0.2) is 4.98 Å². The number of rotatable bonds is 9. The smallest absolute Gasteiger partial charge is 0.179 e. The summed E-state index contributed by atoms with van der Waals surface area (Å²) in [7, 11) is 3.28. The van der Waals surface area contributed by atoms with Gasteiger partial charge in [-0.1, -0.05) is 35.6 Å². The number of benzene rings is 2. The summed E-state index contributed by atoms with van der Waals surface area (Å²) in [6.45, 7) is 0.730. The lowest BCUT2D eigenvalue weighted by Crippen LogP contribution is -2.02. The maximum Gasteiger partial charge on any atom is 0.179 e. The van der Waals surface area contributed by atoms with Gasteiger partial charge in [0, 0.05) is 6.07 Å². The van der Waals surface area contributed by atoms with E-state index in [1.165, 1.54) is 11.3 Å². The highest BCUT2D eigenvalue weighted by Crippen LogP contribution is 2.33. The highest BCUT2D eigenvalue weighted by atomic mass is 32.1. The van der Waals surface area contributed by atoms with Crippen molar-refractivity contribution in [3.05, 3.63) is 75.9 Å². The van der Waals surface area contributed by atoms with Crippen molar-refractivity contribution >= 4 is 23.6 Å². The summed E-state index contributed by atoms with van der Waals surface area (Å²) in [6.07, 6.45) is 1.65. The molecule has 0 spiro atoms. The Kier molecular flexibility index (Phi) is 6.98. The fourth-order valence-electron chi connectivity index (χ4n) is 2.87. The fourth-order valence-corrected chi connectivity index (χ4v) is 3.72. The third kappa shape index (κ3) is 5.43. The third-order valence-corrected chi connectivity index (χ3v) is 5.71. The van der Waals surface area contributed by atoms with E-state index in [2.05, 4.69) is 15.2 Å². The minimum atomic E-state index is 0.364. The quantitative estimate of drug-likeness (QED) is 0.329. The molecule has 0 fully saturated rings. The Bertz CT molecular complexity index is 1220. The number of H-pyrrole nitrogens is 1. The maximum atomic E-state index is 6.11. The SMILES string of the molecule is COc1ccc(COc2cnc(-c3n[nH]c(=S)s3)cc2OCc2ccc(OC)cc2)cc1. The molecule has 7 nitrogen and oxygen atoms in total. The molecule has 164 valence electrons. The van der Waals surface area contributed by atoms with E-state index in [0.29, 0.717) is 39.4 Å². The second-order valence-corrected chi connectivity index (χ2v) is 8.37. The van der Waals surface area contributed by atoms with Crippen LogP contribution in [0.15, 0.2) is 60.8 Å². The van der Waals surface area contributed by atoms with Crippen molar-refractivity contribution in [2.75, 3.05) is 14.2 Å². The van der Waals surface area contributed by atoms with Crippen LogP contribution < -0.4 is 18.9 Å². The fraction of sp³-hybridized carbons (Fsp3) is 0.174. The number of pyridine rings is 1. The molecule has 0 unspecified atom stereocenters. The van der Waals surface area contributed by atoms with Gasteiger partial charge in [0.2, 0.25) is 0 Å². The van der Waals surface area contributed by atoms with E-state index in [9.17, 15) is 0 Å². The van der Waals surface area contributed by atoms with Crippen LogP contribution in [0.25, 0.3) is 10.7 Å². The van der Waals surface area contributed by atoms with Gasteiger partial charge in [0.15, 0.2) is 20.5 Å². The van der Waals surface area contributed by atoms with Crippen LogP contribution in [-0.2, 0) is 13.2 Å². The van der Waals surface area contributed by atoms with Crippen molar-refractivity contribution in [2.24, 2.45) is 0 Å². The van der Waals surface area contributed by atoms with Crippen molar-refractivity contribution in [1.29, 1.82) is 0 Å². The first kappa shape index (κ1) is 21.8. The van der Waals surface area contributed by atoms with Crippen LogP contribution >= 0.6 is 23.6 Å². The van der Waals surface area contributed by atoms with Gasteiger partial charge in [0.05, 0.1) is 20.4 Å². The van der Waals surface area contributed by atoms with Crippen LogP contribution in [0.5, 0.6) is 23.0 Å². The second kappa shape index (κ2) is 10.3. The van der Waals surface area contributed by atoms with E-state index >= 15 is 0 Å². The standard InChI is InChI=1S/C23H21N3O4S2/c1-27-17-7-3-15(4-8-17)13-29-20-11-19(22-25-26-23(31)32-22)24-12-21(20)30-14-16-5-9-18(28-2)10-6-16/h3-12H,13-14H2,1-2H3,(H,26,31). The van der Waals surface area contributed by atoms with Gasteiger partial charge < -0.3 is 18.9 Å². The van der Waals surface area contributed by atoms with Crippen LogP contribution in [0.2, 0.25) is 0 Å². The summed E-state index contributed by atoms with van der Waals surface area (Å²) in [5.41, 5.74) is 2.66. The van der Waals surface area contributed by atoms with E-state index in [-0.39, 0.29) is 0 Å². The van der Waals surface area contributed by atoms with E-state index in [1.54, 1.807) is 20.4 Å². The molecule has 0 atom stereocenters. The van der Waals surface area contributed by atoms with Crippen LogP contribution in [0.4, 0.5) is 0 Å². The molecule has 9 heteroatoms. The van der Waals surface area contributed by atoms with Crippen molar-refractivity contribution in [3.8, 4) is 33.7 Å². The van der Waals surface area contributed by atoms with Crippen molar-refractivity contribution in [3.63, 3.8) is 0 Å². The minimum Gasteiger partial charge on any atom is -0.497 e. The lowest BCUT2D eigenvalue weighted by atomic mass is 10.2. The number of aromatic amines is 1. The van der Waals surface area contributed by atoms with E-state index in [4.69, 9.17) is 31.2 Å². The van der Waals surface area contributed by atoms with Crippen LogP contribution in [0.1, 0.15) is 11.1 Å². The van der Waals surface area contributed by atoms with Gasteiger partial charge in [-0.3, -0.25) is 5.10 Å². The van der Waals surface area contributed by atoms with Gasteiger partial charge in [0.1, 0.15) is 30.4 Å². The predicted octanol–water partition coefficient (Wildman–Crippen LogP) is 5.44. The zero-order valence-electron chi connectivity index (χ0n) is 17.5. The van der Waals surface area contributed by atoms with Crippen LogP contribution in [0.3, 0.4) is 0 Å². The first-order valence-electron chi connectivity index (χ1n) is 9.72. The third-order valence-electron chi connectivity index (χ3n) is 4.60. The molecule has 0 aliphatic rings. The highest BCUT2D eigenvalue weighted by Gasteiger charge is 2.13. The van der Waals surface area contributed by atoms with E-state index < -0.39 is 0 Å². The van der Waals surface area contributed by atoms with Gasteiger partial charge in [-0.2, -0.15) is 5.10 Å². The average molecular weight is 468 g/mol. The van der Waals surface area contributed by atoms with Gasteiger partial charge in [0.25, 0.3) is 0 Å². The van der Waals surface area contributed by atoms with E-state index in [0.717, 1.165) is 22.6 Å². The molecule has 0 saturated carbocycles. The molecule has 2 heterocycles. The molecule has 2 aromatic carbocycles. The molecule has 0 amide bonds. The Labute approximate surface area is 194 Å². The first-order valence-corrected chi connectivity index (χ1v) is 10.9. The van der Waals surface area contributed by atoms with Crippen molar-refractivity contribution in [2.45, 2.75) is 13.2 Å². The molecule has 0 bridgehead atoms. The molecule has 2 aromatic heterocycles. The number of methoxy groups -OCH3 is 2. The highest BCUT2D eigenvalue weighted by molar-refractivity contribution is 7.73. The summed E-state index contributed by atoms with van der Waals surface area (Å²) in [4.78, 5) is 4.48. The van der Waals surface area contributed by atoms with Crippen molar-refractivity contribution < 1.29 is 18.9 Å². The Hall–Kier alpha value is -3.43. The Balaban J connectivity index is 1.54. The summed E-state index contributed by atoms with van der Waals surface area (Å²) >= 11 is 6.49. The molecule has 4 aromatic rings. The Morgan fingerprint density at radius 2 is 1.41 bits per heavy atom. The number of ether oxygens (including phenoxy) is 4. The Morgan fingerprint density at radius 3 is 1.91 bits per heavy atom. The second-order valence-electron chi connectivity index (χ2n) is 6.71. The molecule has 0 radical (unpaired) electrons.